The molecule has 0 unspecified atom stereocenters. The molecule has 1 aromatic heterocycles. The summed E-state index contributed by atoms with van der Waals surface area (Å²) in [7, 11) is 1.63. The van der Waals surface area contributed by atoms with Crippen molar-refractivity contribution in [1.29, 1.82) is 0 Å². The predicted molar refractivity (Wildman–Crippen MR) is 72.7 cm³/mol. The molecule has 5 nitrogen and oxygen atoms in total. The van der Waals surface area contributed by atoms with Crippen LogP contribution in [-0.2, 0) is 0 Å². The average molecular weight is 259 g/mol. The minimum absolute atomic E-state index is 0.0960. The maximum Gasteiger partial charge on any atom is 0.271 e. The average Bonchev–Trinajstić information content (AvgIpc) is 2.88. The molecule has 0 aliphatic rings. The fourth-order valence-corrected chi connectivity index (χ4v) is 1.67. The molecule has 0 aliphatic heterocycles. The third-order valence-electron chi connectivity index (χ3n) is 2.61. The van der Waals surface area contributed by atoms with Gasteiger partial charge in [-0.1, -0.05) is 0 Å². The molecule has 2 aromatic rings. The lowest BCUT2D eigenvalue weighted by atomic mass is 10.3. The van der Waals surface area contributed by atoms with Crippen LogP contribution in [-0.4, -0.2) is 28.6 Å². The topological polar surface area (TPSA) is 56.2 Å². The predicted octanol–water partition coefficient (Wildman–Crippen LogP) is 2.02. The Kier molecular flexibility index (Phi) is 3.85. The Balaban J connectivity index is 2.18. The van der Waals surface area contributed by atoms with E-state index in [1.807, 2.05) is 38.1 Å². The maximum absolute atomic E-state index is 11.8. The van der Waals surface area contributed by atoms with Crippen molar-refractivity contribution in [2.75, 3.05) is 7.11 Å². The summed E-state index contributed by atoms with van der Waals surface area (Å²) in [5, 5.41) is 2.81. The zero-order chi connectivity index (χ0) is 13.8. The number of benzene rings is 1. The van der Waals surface area contributed by atoms with E-state index < -0.39 is 0 Å². The fraction of sp³-hybridized carbons (Fsp3) is 0.286. The lowest BCUT2D eigenvalue weighted by Crippen LogP contribution is -2.30. The number of hydrogen-bond donors (Lipinski definition) is 1. The van der Waals surface area contributed by atoms with E-state index in [-0.39, 0.29) is 11.9 Å². The minimum Gasteiger partial charge on any atom is -0.497 e. The molecule has 1 amide bonds. The molecular weight excluding hydrogens is 242 g/mol. The van der Waals surface area contributed by atoms with E-state index in [1.165, 1.54) is 0 Å². The van der Waals surface area contributed by atoms with Gasteiger partial charge in [0.25, 0.3) is 5.91 Å². The number of methoxy groups -OCH3 is 1. The largest absolute Gasteiger partial charge is 0.497 e. The van der Waals surface area contributed by atoms with E-state index in [4.69, 9.17) is 4.74 Å². The Morgan fingerprint density at radius 3 is 2.58 bits per heavy atom. The highest BCUT2D eigenvalue weighted by Crippen LogP contribution is 2.15. The van der Waals surface area contributed by atoms with Crippen molar-refractivity contribution in [3.05, 3.63) is 42.5 Å². The van der Waals surface area contributed by atoms with Gasteiger partial charge in [0.15, 0.2) is 0 Å². The third-order valence-corrected chi connectivity index (χ3v) is 2.61. The normalized spacial score (nSPS) is 10.5. The Hall–Kier alpha value is -2.30. The summed E-state index contributed by atoms with van der Waals surface area (Å²) in [6.45, 7) is 3.83. The van der Waals surface area contributed by atoms with Crippen LogP contribution in [0.5, 0.6) is 5.75 Å². The van der Waals surface area contributed by atoms with Gasteiger partial charge < -0.3 is 14.6 Å². The molecule has 19 heavy (non-hydrogen) atoms. The quantitative estimate of drug-likeness (QED) is 0.914. The van der Waals surface area contributed by atoms with Crippen LogP contribution in [0.2, 0.25) is 0 Å². The second kappa shape index (κ2) is 5.56. The van der Waals surface area contributed by atoms with Gasteiger partial charge in [0.2, 0.25) is 0 Å². The molecule has 0 radical (unpaired) electrons. The molecule has 5 heteroatoms. The van der Waals surface area contributed by atoms with Crippen molar-refractivity contribution < 1.29 is 9.53 Å². The summed E-state index contributed by atoms with van der Waals surface area (Å²) >= 11 is 0. The van der Waals surface area contributed by atoms with Crippen LogP contribution < -0.4 is 10.1 Å². The molecule has 1 heterocycles. The zero-order valence-electron chi connectivity index (χ0n) is 11.3. The van der Waals surface area contributed by atoms with E-state index in [9.17, 15) is 4.79 Å². The van der Waals surface area contributed by atoms with Crippen LogP contribution in [0.15, 0.2) is 36.8 Å². The van der Waals surface area contributed by atoms with Crippen LogP contribution >= 0.6 is 0 Å². The summed E-state index contributed by atoms with van der Waals surface area (Å²) in [5.74, 6) is 0.629. The molecule has 0 aliphatic carbocycles. The summed E-state index contributed by atoms with van der Waals surface area (Å²) < 4.78 is 6.90. The number of carbonyl (C=O) groups excluding carboxylic acids is 1. The van der Waals surface area contributed by atoms with Crippen molar-refractivity contribution in [2.45, 2.75) is 19.9 Å². The van der Waals surface area contributed by atoms with Gasteiger partial charge in [0.05, 0.1) is 7.11 Å². The van der Waals surface area contributed by atoms with Gasteiger partial charge in [-0.25, -0.2) is 4.98 Å². The number of amides is 1. The zero-order valence-corrected chi connectivity index (χ0v) is 11.3. The van der Waals surface area contributed by atoms with Crippen molar-refractivity contribution in [3.8, 4) is 11.4 Å². The van der Waals surface area contributed by atoms with Gasteiger partial charge in [0, 0.05) is 17.9 Å². The highest BCUT2D eigenvalue weighted by atomic mass is 16.5. The molecule has 0 fully saturated rings. The van der Waals surface area contributed by atoms with Gasteiger partial charge in [-0.15, -0.1) is 0 Å². The first kappa shape index (κ1) is 13.1. The van der Waals surface area contributed by atoms with Crippen molar-refractivity contribution in [3.63, 3.8) is 0 Å². The van der Waals surface area contributed by atoms with Crippen LogP contribution in [0, 0.1) is 0 Å². The highest BCUT2D eigenvalue weighted by molar-refractivity contribution is 5.92. The minimum atomic E-state index is -0.165. The van der Waals surface area contributed by atoms with Gasteiger partial charge in [-0.05, 0) is 38.1 Å². The molecular formula is C14H17N3O2. The SMILES string of the molecule is COc1ccc(-n2cnc(C(=O)NC(C)C)c2)cc1. The number of ether oxygens (including phenoxy) is 1. The van der Waals surface area contributed by atoms with Gasteiger partial charge in [-0.3, -0.25) is 4.79 Å². The lowest BCUT2D eigenvalue weighted by Gasteiger charge is -2.05. The van der Waals surface area contributed by atoms with Crippen molar-refractivity contribution in [2.24, 2.45) is 0 Å². The summed E-state index contributed by atoms with van der Waals surface area (Å²) in [5.41, 5.74) is 1.33. The molecule has 0 saturated carbocycles. The van der Waals surface area contributed by atoms with Crippen LogP contribution in [0.1, 0.15) is 24.3 Å². The Morgan fingerprint density at radius 1 is 1.32 bits per heavy atom. The first-order valence-corrected chi connectivity index (χ1v) is 6.09. The van der Waals surface area contributed by atoms with E-state index in [0.29, 0.717) is 5.69 Å². The molecule has 0 saturated heterocycles. The number of rotatable bonds is 4. The smallest absolute Gasteiger partial charge is 0.271 e. The summed E-state index contributed by atoms with van der Waals surface area (Å²) in [4.78, 5) is 15.9. The van der Waals surface area contributed by atoms with Gasteiger partial charge >= 0.3 is 0 Å². The monoisotopic (exact) mass is 259 g/mol. The second-order valence-corrected chi connectivity index (χ2v) is 4.49. The van der Waals surface area contributed by atoms with E-state index >= 15 is 0 Å². The van der Waals surface area contributed by atoms with Crippen LogP contribution in [0.4, 0.5) is 0 Å². The molecule has 2 rings (SSSR count). The molecule has 100 valence electrons. The van der Waals surface area contributed by atoms with E-state index in [0.717, 1.165) is 11.4 Å². The number of hydrogen-bond acceptors (Lipinski definition) is 3. The van der Waals surface area contributed by atoms with Crippen LogP contribution in [0.3, 0.4) is 0 Å². The number of nitrogens with zero attached hydrogens (tertiary/aromatic N) is 2. The van der Waals surface area contributed by atoms with E-state index in [2.05, 4.69) is 10.3 Å². The highest BCUT2D eigenvalue weighted by Gasteiger charge is 2.10. The molecule has 0 spiro atoms. The standard InChI is InChI=1S/C14H17N3O2/c1-10(2)16-14(18)13-8-17(9-15-13)11-4-6-12(19-3)7-5-11/h4-10H,1-3H3,(H,16,18). The molecule has 0 bridgehead atoms. The fourth-order valence-electron chi connectivity index (χ4n) is 1.67. The van der Waals surface area contributed by atoms with Crippen molar-refractivity contribution in [1.82, 2.24) is 14.9 Å². The van der Waals surface area contributed by atoms with Gasteiger partial charge in [-0.2, -0.15) is 0 Å². The number of imidazole rings is 1. The summed E-state index contributed by atoms with van der Waals surface area (Å²) in [6.07, 6.45) is 3.33. The maximum atomic E-state index is 11.8. The van der Waals surface area contributed by atoms with E-state index in [1.54, 1.807) is 24.2 Å². The third kappa shape index (κ3) is 3.13. The van der Waals surface area contributed by atoms with Gasteiger partial charge in [0.1, 0.15) is 17.8 Å². The number of nitrogens with one attached hydrogen (secondary N) is 1. The molecule has 0 atom stereocenters. The molecule has 1 aromatic carbocycles. The Morgan fingerprint density at radius 2 is 2.00 bits per heavy atom. The Labute approximate surface area is 112 Å². The van der Waals surface area contributed by atoms with Crippen molar-refractivity contribution >= 4 is 5.91 Å². The summed E-state index contributed by atoms with van der Waals surface area (Å²) in [6, 6.07) is 7.64. The second-order valence-electron chi connectivity index (χ2n) is 4.49. The Bertz CT molecular complexity index is 558. The number of aromatic nitrogens is 2. The first-order chi connectivity index (χ1) is 9.10. The number of carbonyl (C=O) groups is 1. The molecule has 1 N–H and O–H groups in total. The van der Waals surface area contributed by atoms with Crippen LogP contribution in [0.25, 0.3) is 5.69 Å². The first-order valence-electron chi connectivity index (χ1n) is 6.09. The lowest BCUT2D eigenvalue weighted by molar-refractivity contribution is 0.0938.